The van der Waals surface area contributed by atoms with Crippen LogP contribution >= 0.6 is 15.9 Å². The predicted octanol–water partition coefficient (Wildman–Crippen LogP) is 3.85. The molecule has 0 bridgehead atoms. The Morgan fingerprint density at radius 2 is 1.67 bits per heavy atom. The van der Waals surface area contributed by atoms with E-state index in [1.807, 2.05) is 49.4 Å². The van der Waals surface area contributed by atoms with Gasteiger partial charge in [0.15, 0.2) is 0 Å². The first-order valence-corrected chi connectivity index (χ1v) is 6.49. The van der Waals surface area contributed by atoms with E-state index in [-0.39, 0.29) is 0 Å². The zero-order chi connectivity index (χ0) is 13.1. The summed E-state index contributed by atoms with van der Waals surface area (Å²) in [5, 5.41) is 10.3. The second-order valence-electron chi connectivity index (χ2n) is 4.18. The van der Waals surface area contributed by atoms with E-state index < -0.39 is 6.10 Å². The van der Waals surface area contributed by atoms with Gasteiger partial charge in [-0.2, -0.15) is 0 Å². The van der Waals surface area contributed by atoms with Crippen LogP contribution in [0.15, 0.2) is 46.9 Å². The molecule has 0 aromatic heterocycles. The maximum absolute atomic E-state index is 10.3. The van der Waals surface area contributed by atoms with Gasteiger partial charge in [0.05, 0.1) is 7.11 Å². The Kier molecular flexibility index (Phi) is 4.04. The molecular formula is C15H15BrO2. The molecule has 0 spiro atoms. The molecule has 94 valence electrons. The highest BCUT2D eigenvalue weighted by Crippen LogP contribution is 2.27. The number of rotatable bonds is 3. The van der Waals surface area contributed by atoms with Gasteiger partial charge < -0.3 is 9.84 Å². The van der Waals surface area contributed by atoms with Crippen LogP contribution in [-0.4, -0.2) is 12.2 Å². The monoisotopic (exact) mass is 306 g/mol. The molecule has 0 radical (unpaired) electrons. The molecule has 0 aliphatic carbocycles. The van der Waals surface area contributed by atoms with Crippen molar-refractivity contribution >= 4 is 15.9 Å². The zero-order valence-corrected chi connectivity index (χ0v) is 11.9. The Labute approximate surface area is 115 Å². The van der Waals surface area contributed by atoms with Crippen molar-refractivity contribution < 1.29 is 9.84 Å². The third-order valence-electron chi connectivity index (χ3n) is 2.94. The average molecular weight is 307 g/mol. The minimum atomic E-state index is -0.618. The highest BCUT2D eigenvalue weighted by molar-refractivity contribution is 9.10. The Hall–Kier alpha value is -1.32. The van der Waals surface area contributed by atoms with Crippen molar-refractivity contribution in [3.63, 3.8) is 0 Å². The molecular weight excluding hydrogens is 292 g/mol. The molecule has 2 aromatic carbocycles. The Balaban J connectivity index is 2.28. The summed E-state index contributed by atoms with van der Waals surface area (Å²) in [7, 11) is 1.63. The van der Waals surface area contributed by atoms with E-state index in [1.54, 1.807) is 7.11 Å². The first-order chi connectivity index (χ1) is 8.61. The van der Waals surface area contributed by atoms with Crippen molar-refractivity contribution in [3.8, 4) is 5.75 Å². The van der Waals surface area contributed by atoms with Gasteiger partial charge >= 0.3 is 0 Å². The molecule has 0 aliphatic rings. The summed E-state index contributed by atoms with van der Waals surface area (Å²) in [6, 6.07) is 13.3. The van der Waals surface area contributed by atoms with Crippen molar-refractivity contribution in [2.24, 2.45) is 0 Å². The van der Waals surface area contributed by atoms with Crippen LogP contribution in [0, 0.1) is 6.92 Å². The maximum Gasteiger partial charge on any atom is 0.118 e. The SMILES string of the molecule is COc1ccc(C(O)c2ccc(C)c(Br)c2)cc1. The molecule has 18 heavy (non-hydrogen) atoms. The minimum Gasteiger partial charge on any atom is -0.497 e. The molecule has 3 heteroatoms. The molecule has 0 fully saturated rings. The van der Waals surface area contributed by atoms with E-state index >= 15 is 0 Å². The molecule has 0 heterocycles. The van der Waals surface area contributed by atoms with E-state index in [1.165, 1.54) is 0 Å². The van der Waals surface area contributed by atoms with E-state index in [4.69, 9.17) is 4.74 Å². The normalized spacial score (nSPS) is 12.2. The van der Waals surface area contributed by atoms with Crippen LogP contribution in [0.2, 0.25) is 0 Å². The summed E-state index contributed by atoms with van der Waals surface area (Å²) < 4.78 is 6.11. The smallest absolute Gasteiger partial charge is 0.118 e. The fourth-order valence-electron chi connectivity index (χ4n) is 1.76. The Morgan fingerprint density at radius 1 is 1.06 bits per heavy atom. The number of hydrogen-bond donors (Lipinski definition) is 1. The van der Waals surface area contributed by atoms with Crippen LogP contribution in [0.3, 0.4) is 0 Å². The third-order valence-corrected chi connectivity index (χ3v) is 3.80. The molecule has 2 aromatic rings. The molecule has 0 saturated carbocycles. The quantitative estimate of drug-likeness (QED) is 0.933. The van der Waals surface area contributed by atoms with Gasteiger partial charge in [0.25, 0.3) is 0 Å². The molecule has 2 rings (SSSR count). The predicted molar refractivity (Wildman–Crippen MR) is 75.9 cm³/mol. The topological polar surface area (TPSA) is 29.5 Å². The van der Waals surface area contributed by atoms with Gasteiger partial charge in [-0.1, -0.05) is 40.2 Å². The fraction of sp³-hybridized carbons (Fsp3) is 0.200. The largest absolute Gasteiger partial charge is 0.497 e. The Bertz CT molecular complexity index is 535. The van der Waals surface area contributed by atoms with Gasteiger partial charge in [-0.3, -0.25) is 0 Å². The average Bonchev–Trinajstić information content (AvgIpc) is 2.41. The van der Waals surface area contributed by atoms with Crippen LogP contribution in [-0.2, 0) is 0 Å². The summed E-state index contributed by atoms with van der Waals surface area (Å²) in [6.07, 6.45) is -0.618. The molecule has 1 atom stereocenters. The molecule has 1 N–H and O–H groups in total. The van der Waals surface area contributed by atoms with E-state index in [2.05, 4.69) is 15.9 Å². The van der Waals surface area contributed by atoms with Crippen LogP contribution < -0.4 is 4.74 Å². The van der Waals surface area contributed by atoms with E-state index in [0.29, 0.717) is 0 Å². The lowest BCUT2D eigenvalue weighted by Crippen LogP contribution is -2.00. The molecule has 0 aliphatic heterocycles. The minimum absolute atomic E-state index is 0.618. The standard InChI is InChI=1S/C15H15BrO2/c1-10-3-4-12(9-14(10)16)15(17)11-5-7-13(18-2)8-6-11/h3-9,15,17H,1-2H3. The summed E-state index contributed by atoms with van der Waals surface area (Å²) >= 11 is 3.48. The number of halogens is 1. The fourth-order valence-corrected chi connectivity index (χ4v) is 2.15. The second kappa shape index (κ2) is 5.55. The number of ether oxygens (including phenoxy) is 1. The second-order valence-corrected chi connectivity index (χ2v) is 5.04. The summed E-state index contributed by atoms with van der Waals surface area (Å²) in [6.45, 7) is 2.02. The summed E-state index contributed by atoms with van der Waals surface area (Å²) in [5.41, 5.74) is 2.88. The molecule has 0 saturated heterocycles. The molecule has 1 unspecified atom stereocenters. The number of aliphatic hydroxyl groups excluding tert-OH is 1. The highest BCUT2D eigenvalue weighted by atomic mass is 79.9. The number of benzene rings is 2. The van der Waals surface area contributed by atoms with Gasteiger partial charge in [0.1, 0.15) is 11.9 Å². The number of hydrogen-bond acceptors (Lipinski definition) is 2. The van der Waals surface area contributed by atoms with Gasteiger partial charge in [0.2, 0.25) is 0 Å². The highest BCUT2D eigenvalue weighted by Gasteiger charge is 2.11. The van der Waals surface area contributed by atoms with Crippen LogP contribution in [0.25, 0.3) is 0 Å². The van der Waals surface area contributed by atoms with Gasteiger partial charge in [-0.25, -0.2) is 0 Å². The summed E-state index contributed by atoms with van der Waals surface area (Å²) in [5.74, 6) is 0.788. The zero-order valence-electron chi connectivity index (χ0n) is 10.4. The van der Waals surface area contributed by atoms with Crippen molar-refractivity contribution in [1.29, 1.82) is 0 Å². The van der Waals surface area contributed by atoms with Crippen LogP contribution in [0.4, 0.5) is 0 Å². The maximum atomic E-state index is 10.3. The molecule has 0 amide bonds. The first kappa shape index (κ1) is 13.1. The van der Waals surface area contributed by atoms with Crippen LogP contribution in [0.1, 0.15) is 22.8 Å². The number of methoxy groups -OCH3 is 1. The van der Waals surface area contributed by atoms with Crippen LogP contribution in [0.5, 0.6) is 5.75 Å². The van der Waals surface area contributed by atoms with Gasteiger partial charge in [-0.15, -0.1) is 0 Å². The Morgan fingerprint density at radius 3 is 2.22 bits per heavy atom. The van der Waals surface area contributed by atoms with Gasteiger partial charge in [-0.05, 0) is 41.8 Å². The van der Waals surface area contributed by atoms with E-state index in [9.17, 15) is 5.11 Å². The lowest BCUT2D eigenvalue weighted by atomic mass is 10.0. The van der Waals surface area contributed by atoms with E-state index in [0.717, 1.165) is 26.9 Å². The van der Waals surface area contributed by atoms with Crippen molar-refractivity contribution in [2.45, 2.75) is 13.0 Å². The number of aryl methyl sites for hydroxylation is 1. The van der Waals surface area contributed by atoms with Crippen molar-refractivity contribution in [3.05, 3.63) is 63.6 Å². The third kappa shape index (κ3) is 2.74. The first-order valence-electron chi connectivity index (χ1n) is 5.70. The van der Waals surface area contributed by atoms with Gasteiger partial charge in [0, 0.05) is 4.47 Å². The number of aliphatic hydroxyl groups is 1. The van der Waals surface area contributed by atoms with Crippen molar-refractivity contribution in [2.75, 3.05) is 7.11 Å². The lowest BCUT2D eigenvalue weighted by molar-refractivity contribution is 0.220. The lowest BCUT2D eigenvalue weighted by Gasteiger charge is -2.13. The molecule has 2 nitrogen and oxygen atoms in total. The van der Waals surface area contributed by atoms with Crippen molar-refractivity contribution in [1.82, 2.24) is 0 Å². The summed E-state index contributed by atoms with van der Waals surface area (Å²) in [4.78, 5) is 0.